The fourth-order valence-corrected chi connectivity index (χ4v) is 12.1. The van der Waals surface area contributed by atoms with Crippen LogP contribution in [0.15, 0.2) is 87.7 Å². The number of thiazole rings is 1. The molecule has 1 saturated heterocycles. The lowest BCUT2D eigenvalue weighted by Crippen LogP contribution is -2.57. The van der Waals surface area contributed by atoms with Crippen molar-refractivity contribution in [2.45, 2.75) is 123 Å². The maximum absolute atomic E-state index is 14.4. The van der Waals surface area contributed by atoms with Gasteiger partial charge >= 0.3 is 0 Å². The van der Waals surface area contributed by atoms with Crippen molar-refractivity contribution in [3.8, 4) is 21.2 Å². The Hall–Kier alpha value is -6.73. The molecule has 7 aromatic rings. The lowest BCUT2D eigenvalue weighted by molar-refractivity contribution is -0.142. The van der Waals surface area contributed by atoms with Crippen LogP contribution in [0.4, 0.5) is 0 Å². The number of benzene rings is 3. The average molecular weight is 1060 g/mol. The summed E-state index contributed by atoms with van der Waals surface area (Å²) in [5.41, 5.74) is 8.13. The highest BCUT2D eigenvalue weighted by molar-refractivity contribution is 7.15. The summed E-state index contributed by atoms with van der Waals surface area (Å²) in [6.07, 6.45) is 0.228. The van der Waals surface area contributed by atoms with E-state index in [-0.39, 0.29) is 49.2 Å². The van der Waals surface area contributed by atoms with Gasteiger partial charge in [-0.2, -0.15) is 0 Å². The Kier molecular flexibility index (Phi) is 13.9. The van der Waals surface area contributed by atoms with Gasteiger partial charge in [-0.3, -0.25) is 28.7 Å². The number of β-amino-alcohol motifs (C(OH)–C–C–N with tert-alkyl or cyclic N) is 1. The number of halogens is 1. The molecule has 384 valence electrons. The van der Waals surface area contributed by atoms with Crippen LogP contribution in [0.5, 0.6) is 5.75 Å². The first-order valence-electron chi connectivity index (χ1n) is 24.8. The average Bonchev–Trinajstić information content (AvgIpc) is 4.19. The number of nitrogens with one attached hydrogen (secondary N) is 3. The monoisotopic (exact) mass is 1060 g/mol. The van der Waals surface area contributed by atoms with E-state index in [0.717, 1.165) is 59.8 Å². The molecular formula is C55H58ClN9O7S2. The lowest BCUT2D eigenvalue weighted by Gasteiger charge is -2.36. The van der Waals surface area contributed by atoms with Gasteiger partial charge in [0.25, 0.3) is 5.91 Å². The van der Waals surface area contributed by atoms with E-state index in [9.17, 15) is 24.3 Å². The SMILES string of the molecule is Cc1ncsc1-c1ccc([C@H](C)NC(=O)[C@@H]2C[C@@H](O)CN2C(=O)[C@@H](NC(=O)c2cc3ccc(O[C@H]4C[C@H](NC(=O)C[C@@H]5N=C(c6ccc(Cl)cc6)c6c(sc(C)c6C)-n6c(C)nnc65)C4)cc3o2)C(C)(C)C)cc1. The van der Waals surface area contributed by atoms with E-state index < -0.39 is 47.4 Å². The van der Waals surface area contributed by atoms with Crippen molar-refractivity contribution in [1.29, 1.82) is 0 Å². The third-order valence-electron chi connectivity index (χ3n) is 14.2. The second-order valence-corrected chi connectivity index (χ2v) is 23.2. The molecule has 1 saturated carbocycles. The van der Waals surface area contributed by atoms with Gasteiger partial charge in [-0.15, -0.1) is 32.9 Å². The fourth-order valence-electron chi connectivity index (χ4n) is 9.98. The standard InChI is InChI=1S/C55H58ClN9O7S2/c1-27-30(4)74-54-46(27)47(33-13-16-36(56)17-14-33)60-41(50-63-62-31(5)65(50)54)24-45(67)59-37-20-40(21-37)71-39-18-15-35-19-44(72-43(35)23-39)52(69)61-49(55(6,7)8)53(70)64-25-38(66)22-42(64)51(68)58-28(2)32-9-11-34(12-10-32)48-29(3)57-26-73-48/h9-19,23,26,28,37-38,40-42,49,66H,20-22,24-25H2,1-8H3,(H,58,68)(H,59,67)(H,61,69)/t28-,37-,38+,40-,41-,42-,49+/m0/s1. The number of aliphatic imine (C=N–C) groups is 1. The number of aliphatic hydroxyl groups excluding tert-OH is 1. The molecule has 1 aliphatic carbocycles. The molecule has 0 radical (unpaired) electrons. The molecule has 19 heteroatoms. The normalized spacial score (nSPS) is 20.2. The van der Waals surface area contributed by atoms with E-state index in [2.05, 4.69) is 45.0 Å². The molecule has 6 heterocycles. The van der Waals surface area contributed by atoms with Crippen LogP contribution in [0.2, 0.25) is 5.02 Å². The molecule has 74 heavy (non-hydrogen) atoms. The van der Waals surface area contributed by atoms with Crippen LogP contribution >= 0.6 is 34.3 Å². The van der Waals surface area contributed by atoms with Crippen LogP contribution in [-0.4, -0.2) is 96.0 Å². The van der Waals surface area contributed by atoms with Crippen molar-refractivity contribution in [3.05, 3.63) is 134 Å². The zero-order valence-corrected chi connectivity index (χ0v) is 44.7. The van der Waals surface area contributed by atoms with Gasteiger partial charge in [-0.05, 0) is 87.1 Å². The highest BCUT2D eigenvalue weighted by Gasteiger charge is 2.45. The molecule has 0 spiro atoms. The van der Waals surface area contributed by atoms with Gasteiger partial charge in [0.15, 0.2) is 11.6 Å². The number of aryl methyl sites for hydroxylation is 3. The predicted molar refractivity (Wildman–Crippen MR) is 285 cm³/mol. The number of ether oxygens (including phenoxy) is 1. The quantitative estimate of drug-likeness (QED) is 0.0862. The van der Waals surface area contributed by atoms with Gasteiger partial charge < -0.3 is 35.1 Å². The van der Waals surface area contributed by atoms with E-state index in [0.29, 0.717) is 40.4 Å². The van der Waals surface area contributed by atoms with Crippen LogP contribution in [-0.2, 0) is 14.4 Å². The Bertz CT molecular complexity index is 3330. The number of carbonyl (C=O) groups is 4. The van der Waals surface area contributed by atoms with E-state index in [1.807, 2.05) is 100 Å². The van der Waals surface area contributed by atoms with Crippen molar-refractivity contribution in [2.24, 2.45) is 10.4 Å². The molecule has 5 atom stereocenters. The second-order valence-electron chi connectivity index (χ2n) is 20.7. The molecule has 0 unspecified atom stereocenters. The minimum absolute atomic E-state index is 0.000667. The molecule has 4 N–H and O–H groups in total. The molecule has 3 aliphatic rings. The molecule has 0 bridgehead atoms. The number of hydrogen-bond donors (Lipinski definition) is 4. The second kappa shape index (κ2) is 20.2. The van der Waals surface area contributed by atoms with Gasteiger partial charge in [0.2, 0.25) is 17.7 Å². The van der Waals surface area contributed by atoms with Crippen LogP contribution in [0.25, 0.3) is 26.4 Å². The maximum atomic E-state index is 14.4. The summed E-state index contributed by atoms with van der Waals surface area (Å²) < 4.78 is 14.4. The predicted octanol–water partition coefficient (Wildman–Crippen LogP) is 9.08. The number of thiophene rings is 1. The number of aliphatic hydroxyl groups is 1. The summed E-state index contributed by atoms with van der Waals surface area (Å²) in [4.78, 5) is 69.0. The molecule has 3 aromatic carbocycles. The lowest BCUT2D eigenvalue weighted by atomic mass is 9.85. The first-order valence-corrected chi connectivity index (χ1v) is 26.8. The molecular weight excluding hydrogens is 998 g/mol. The molecule has 16 nitrogen and oxygen atoms in total. The minimum Gasteiger partial charge on any atom is -0.490 e. The number of nitrogens with zero attached hydrogens (tertiary/aromatic N) is 6. The van der Waals surface area contributed by atoms with E-state index in [1.165, 1.54) is 4.90 Å². The Labute approximate surface area is 441 Å². The molecule has 4 amide bonds. The summed E-state index contributed by atoms with van der Waals surface area (Å²) in [5.74, 6) is 0.238. The van der Waals surface area contributed by atoms with Crippen molar-refractivity contribution in [2.75, 3.05) is 6.54 Å². The number of amides is 4. The molecule has 10 rings (SSSR count). The Balaban J connectivity index is 0.754. The highest BCUT2D eigenvalue weighted by Crippen LogP contribution is 2.40. The molecule has 2 fully saturated rings. The number of aromatic nitrogens is 4. The zero-order chi connectivity index (χ0) is 52.3. The molecule has 4 aromatic heterocycles. The van der Waals surface area contributed by atoms with Crippen LogP contribution in [0, 0.1) is 33.1 Å². The number of rotatable bonds is 13. The third kappa shape index (κ3) is 10.1. The van der Waals surface area contributed by atoms with Crippen LogP contribution in [0.3, 0.4) is 0 Å². The number of hydrogen-bond acceptors (Lipinski definition) is 13. The Morgan fingerprint density at radius 3 is 2.36 bits per heavy atom. The molecule has 2 aliphatic heterocycles. The Morgan fingerprint density at radius 1 is 0.932 bits per heavy atom. The highest BCUT2D eigenvalue weighted by atomic mass is 35.5. The van der Waals surface area contributed by atoms with Crippen LogP contribution < -0.4 is 20.7 Å². The van der Waals surface area contributed by atoms with E-state index in [4.69, 9.17) is 25.7 Å². The third-order valence-corrected chi connectivity index (χ3v) is 16.7. The van der Waals surface area contributed by atoms with E-state index >= 15 is 0 Å². The largest absolute Gasteiger partial charge is 0.490 e. The summed E-state index contributed by atoms with van der Waals surface area (Å²) in [6.45, 7) is 15.4. The van der Waals surface area contributed by atoms with Gasteiger partial charge in [0.05, 0.1) is 40.4 Å². The van der Waals surface area contributed by atoms with Gasteiger partial charge in [-0.25, -0.2) is 4.98 Å². The van der Waals surface area contributed by atoms with Gasteiger partial charge in [-0.1, -0.05) is 68.8 Å². The van der Waals surface area contributed by atoms with E-state index in [1.54, 1.807) is 46.9 Å². The summed E-state index contributed by atoms with van der Waals surface area (Å²) in [7, 11) is 0. The number of carbonyl (C=O) groups excluding carboxylic acids is 4. The first kappa shape index (κ1) is 50.8. The van der Waals surface area contributed by atoms with Crippen molar-refractivity contribution in [1.82, 2.24) is 40.6 Å². The first-order chi connectivity index (χ1) is 35.3. The van der Waals surface area contributed by atoms with Gasteiger partial charge in [0.1, 0.15) is 46.4 Å². The van der Waals surface area contributed by atoms with Crippen molar-refractivity contribution in [3.63, 3.8) is 0 Å². The summed E-state index contributed by atoms with van der Waals surface area (Å²) in [5, 5.41) is 31.1. The van der Waals surface area contributed by atoms with Crippen molar-refractivity contribution < 1.29 is 33.4 Å². The van der Waals surface area contributed by atoms with Crippen LogP contribution in [0.1, 0.15) is 120 Å². The smallest absolute Gasteiger partial charge is 0.287 e. The summed E-state index contributed by atoms with van der Waals surface area (Å²) in [6, 6.07) is 19.4. The number of furan rings is 1. The summed E-state index contributed by atoms with van der Waals surface area (Å²) >= 11 is 9.51. The van der Waals surface area contributed by atoms with Gasteiger partial charge in [0, 0.05) is 64.3 Å². The number of fused-ring (bicyclic) bond motifs is 4. The zero-order valence-electron chi connectivity index (χ0n) is 42.4. The van der Waals surface area contributed by atoms with Crippen molar-refractivity contribution >= 4 is 74.6 Å². The topological polar surface area (TPSA) is 206 Å². The fraction of sp³-hybridized carbons (Fsp3) is 0.382. The number of likely N-dealkylation sites (tertiary alicyclic amines) is 1. The minimum atomic E-state index is -1.06. The Morgan fingerprint density at radius 2 is 1.66 bits per heavy atom. The maximum Gasteiger partial charge on any atom is 0.287 e.